The highest BCUT2D eigenvalue weighted by molar-refractivity contribution is 8.14. The zero-order valence-corrected chi connectivity index (χ0v) is 23.3. The Morgan fingerprint density at radius 1 is 1.03 bits per heavy atom. The van der Waals surface area contributed by atoms with Crippen molar-refractivity contribution in [3.8, 4) is 0 Å². The third-order valence-corrected chi connectivity index (χ3v) is 9.01. The van der Waals surface area contributed by atoms with Crippen molar-refractivity contribution in [3.05, 3.63) is 65.7 Å². The number of amides is 2. The van der Waals surface area contributed by atoms with E-state index in [9.17, 15) is 27.6 Å². The molecule has 0 radical (unpaired) electrons. The number of carbonyl (C=O) groups is 4. The van der Waals surface area contributed by atoms with Gasteiger partial charge in [0, 0.05) is 38.5 Å². The van der Waals surface area contributed by atoms with E-state index in [1.807, 2.05) is 0 Å². The van der Waals surface area contributed by atoms with Crippen LogP contribution in [0.2, 0.25) is 0 Å². The van der Waals surface area contributed by atoms with Crippen LogP contribution in [0.3, 0.4) is 0 Å². The van der Waals surface area contributed by atoms with Gasteiger partial charge in [-0.05, 0) is 36.2 Å². The van der Waals surface area contributed by atoms with E-state index < -0.39 is 33.8 Å². The topological polar surface area (TPSA) is 121 Å². The van der Waals surface area contributed by atoms with Gasteiger partial charge in [0.2, 0.25) is 21.8 Å². The number of nitrogens with zero attached hydrogens (tertiary/aromatic N) is 3. The molecule has 1 aliphatic heterocycles. The molecule has 1 fully saturated rings. The molecule has 38 heavy (non-hydrogen) atoms. The Hall–Kier alpha value is -3.22. The molecule has 2 aromatic rings. The summed E-state index contributed by atoms with van der Waals surface area (Å²) in [4.78, 5) is 52.3. The Balaban J connectivity index is 1.74. The van der Waals surface area contributed by atoms with E-state index in [-0.39, 0.29) is 35.6 Å². The number of ether oxygens (including phenoxy) is 1. The van der Waals surface area contributed by atoms with Gasteiger partial charge in [-0.1, -0.05) is 42.1 Å². The molecule has 0 aliphatic carbocycles. The smallest absolute Gasteiger partial charge is 0.337 e. The highest BCUT2D eigenvalue weighted by Crippen LogP contribution is 2.32. The van der Waals surface area contributed by atoms with E-state index in [2.05, 4.69) is 4.74 Å². The van der Waals surface area contributed by atoms with Crippen LogP contribution in [0.15, 0.2) is 54.6 Å². The summed E-state index contributed by atoms with van der Waals surface area (Å²) in [7, 11) is 0.381. The molecule has 204 valence electrons. The lowest BCUT2D eigenvalue weighted by Crippen LogP contribution is -2.49. The molecule has 12 heteroatoms. The predicted molar refractivity (Wildman–Crippen MR) is 145 cm³/mol. The van der Waals surface area contributed by atoms with Crippen molar-refractivity contribution in [2.24, 2.45) is 0 Å². The third-order valence-electron chi connectivity index (χ3n) is 6.18. The van der Waals surface area contributed by atoms with Gasteiger partial charge in [0.15, 0.2) is 5.12 Å². The summed E-state index contributed by atoms with van der Waals surface area (Å²) in [6.07, 6.45) is 0.167. The molecule has 2 amide bonds. The van der Waals surface area contributed by atoms with Crippen molar-refractivity contribution in [3.63, 3.8) is 0 Å². The van der Waals surface area contributed by atoms with Gasteiger partial charge < -0.3 is 14.5 Å². The molecule has 0 saturated carbocycles. The Kier molecular flexibility index (Phi) is 9.69. The molecular formula is C26H31N3O7S2. The van der Waals surface area contributed by atoms with Gasteiger partial charge in [-0.25, -0.2) is 13.2 Å². The maximum absolute atomic E-state index is 13.4. The highest BCUT2D eigenvalue weighted by Gasteiger charge is 2.45. The number of hydrogen-bond donors (Lipinski definition) is 0. The summed E-state index contributed by atoms with van der Waals surface area (Å²) >= 11 is 1.02. The van der Waals surface area contributed by atoms with Gasteiger partial charge in [-0.2, -0.15) is 4.31 Å². The van der Waals surface area contributed by atoms with Gasteiger partial charge >= 0.3 is 5.97 Å². The molecule has 3 rings (SSSR count). The Labute approximate surface area is 227 Å². The van der Waals surface area contributed by atoms with Crippen molar-refractivity contribution >= 4 is 50.4 Å². The maximum Gasteiger partial charge on any atom is 0.337 e. The number of anilines is 1. The predicted octanol–water partition coefficient (Wildman–Crippen LogP) is 2.15. The largest absolute Gasteiger partial charge is 0.465 e. The lowest BCUT2D eigenvalue weighted by molar-refractivity contribution is -0.136. The van der Waals surface area contributed by atoms with Crippen LogP contribution in [0.25, 0.3) is 0 Å². The second-order valence-electron chi connectivity index (χ2n) is 8.98. The zero-order valence-electron chi connectivity index (χ0n) is 21.7. The average Bonchev–Trinajstić information content (AvgIpc) is 3.31. The van der Waals surface area contributed by atoms with Crippen LogP contribution >= 0.6 is 11.8 Å². The lowest BCUT2D eigenvalue weighted by atomic mass is 10.2. The zero-order chi connectivity index (χ0) is 28.0. The second kappa shape index (κ2) is 12.5. The number of methoxy groups -OCH3 is 1. The van der Waals surface area contributed by atoms with Crippen LogP contribution in [0.1, 0.15) is 29.3 Å². The fourth-order valence-corrected chi connectivity index (χ4v) is 7.04. The normalized spacial score (nSPS) is 17.6. The number of sulfonamides is 1. The molecule has 2 aromatic carbocycles. The quantitative estimate of drug-likeness (QED) is 0.427. The lowest BCUT2D eigenvalue weighted by Gasteiger charge is -2.28. The Bertz CT molecular complexity index is 1280. The summed E-state index contributed by atoms with van der Waals surface area (Å²) in [6, 6.07) is 13.9. The van der Waals surface area contributed by atoms with Crippen LogP contribution in [-0.2, 0) is 34.9 Å². The van der Waals surface area contributed by atoms with Crippen LogP contribution < -0.4 is 4.90 Å². The van der Waals surface area contributed by atoms with Crippen LogP contribution in [-0.4, -0.2) is 86.1 Å². The van der Waals surface area contributed by atoms with E-state index in [4.69, 9.17) is 0 Å². The number of thioether (sulfide) groups is 1. The molecule has 0 spiro atoms. The molecule has 0 N–H and O–H groups in total. The molecular weight excluding hydrogens is 530 g/mol. The molecule has 1 aliphatic rings. The first kappa shape index (κ1) is 29.3. The number of hydrogen-bond acceptors (Lipinski definition) is 8. The van der Waals surface area contributed by atoms with Crippen molar-refractivity contribution < 1.29 is 32.3 Å². The Morgan fingerprint density at radius 2 is 1.66 bits per heavy atom. The molecule has 1 heterocycles. The van der Waals surface area contributed by atoms with Crippen molar-refractivity contribution in [2.75, 3.05) is 39.2 Å². The monoisotopic (exact) mass is 561 g/mol. The first-order valence-corrected chi connectivity index (χ1v) is 14.3. The third kappa shape index (κ3) is 7.21. The minimum absolute atomic E-state index is 0.0318. The van der Waals surface area contributed by atoms with E-state index in [0.29, 0.717) is 16.8 Å². The standard InChI is InChI=1S/C26H31N3O7S2/c1-18(30)37-22-14-23(29(15-22)38(34,35)17-19-8-6-5-7-9-19)25(32)27(2)16-24(31)28(3)21-12-10-20(11-13-21)26(33)36-4/h5-13,22-23H,14-17H2,1-4H3. The number of benzene rings is 2. The van der Waals surface area contributed by atoms with Gasteiger partial charge in [0.1, 0.15) is 6.04 Å². The highest BCUT2D eigenvalue weighted by atomic mass is 32.2. The summed E-state index contributed by atoms with van der Waals surface area (Å²) in [5.74, 6) is -1.70. The molecule has 10 nitrogen and oxygen atoms in total. The summed E-state index contributed by atoms with van der Waals surface area (Å²) in [5.41, 5.74) is 1.43. The minimum Gasteiger partial charge on any atom is -0.465 e. The Morgan fingerprint density at radius 3 is 2.24 bits per heavy atom. The maximum atomic E-state index is 13.4. The van der Waals surface area contributed by atoms with Gasteiger partial charge in [-0.15, -0.1) is 0 Å². The molecule has 0 bridgehead atoms. The van der Waals surface area contributed by atoms with Crippen molar-refractivity contribution in [1.82, 2.24) is 9.21 Å². The van der Waals surface area contributed by atoms with E-state index in [1.165, 1.54) is 47.3 Å². The number of likely N-dealkylation sites (N-methyl/N-ethyl adjacent to an activating group) is 2. The molecule has 1 saturated heterocycles. The molecule has 2 atom stereocenters. The fraction of sp³-hybridized carbons (Fsp3) is 0.385. The fourth-order valence-electron chi connectivity index (χ4n) is 4.21. The number of esters is 1. The minimum atomic E-state index is -3.88. The van der Waals surface area contributed by atoms with Gasteiger partial charge in [0.05, 0.1) is 25.0 Å². The van der Waals surface area contributed by atoms with Gasteiger partial charge in [-0.3, -0.25) is 14.4 Å². The first-order chi connectivity index (χ1) is 17.9. The van der Waals surface area contributed by atoms with E-state index in [1.54, 1.807) is 49.5 Å². The molecule has 0 aromatic heterocycles. The number of rotatable bonds is 9. The summed E-state index contributed by atoms with van der Waals surface area (Å²) in [5, 5.41) is -0.529. The summed E-state index contributed by atoms with van der Waals surface area (Å²) < 4.78 is 32.5. The SMILES string of the molecule is COC(=O)c1ccc(N(C)C(=O)CN(C)C(=O)C2CC(SC(C)=O)CN2S(=O)(=O)Cc2ccccc2)cc1. The van der Waals surface area contributed by atoms with Crippen LogP contribution in [0, 0.1) is 0 Å². The van der Waals surface area contributed by atoms with Gasteiger partial charge in [0.25, 0.3) is 0 Å². The van der Waals surface area contributed by atoms with E-state index >= 15 is 0 Å². The molecule has 2 unspecified atom stereocenters. The van der Waals surface area contributed by atoms with Crippen LogP contribution in [0.4, 0.5) is 5.69 Å². The first-order valence-electron chi connectivity index (χ1n) is 11.8. The van der Waals surface area contributed by atoms with Crippen molar-refractivity contribution in [1.29, 1.82) is 0 Å². The average molecular weight is 562 g/mol. The van der Waals surface area contributed by atoms with Crippen molar-refractivity contribution in [2.45, 2.75) is 30.4 Å². The van der Waals surface area contributed by atoms with Crippen LogP contribution in [0.5, 0.6) is 0 Å². The second-order valence-corrected chi connectivity index (χ2v) is 12.4. The number of carbonyl (C=O) groups excluding carboxylic acids is 4. The van der Waals surface area contributed by atoms with E-state index in [0.717, 1.165) is 11.8 Å². The summed E-state index contributed by atoms with van der Waals surface area (Å²) in [6.45, 7) is 1.15.